The third-order valence-corrected chi connectivity index (χ3v) is 4.78. The Bertz CT molecular complexity index is 360. The van der Waals surface area contributed by atoms with Gasteiger partial charge in [0.2, 0.25) is 0 Å². The molecule has 1 aliphatic rings. The third-order valence-electron chi connectivity index (χ3n) is 3.43. The van der Waals surface area contributed by atoms with E-state index in [-0.39, 0.29) is 0 Å². The molecule has 1 unspecified atom stereocenters. The van der Waals surface area contributed by atoms with E-state index >= 15 is 0 Å². The highest BCUT2D eigenvalue weighted by Crippen LogP contribution is 2.34. The Morgan fingerprint density at radius 1 is 1.38 bits per heavy atom. The van der Waals surface area contributed by atoms with Gasteiger partial charge >= 0.3 is 0 Å². The van der Waals surface area contributed by atoms with Gasteiger partial charge in [0.25, 0.3) is 0 Å². The van der Waals surface area contributed by atoms with Crippen molar-refractivity contribution in [3.05, 3.63) is 23.8 Å². The molecule has 0 radical (unpaired) electrons. The van der Waals surface area contributed by atoms with Crippen LogP contribution >= 0.6 is 11.8 Å². The Balaban J connectivity index is 2.21. The van der Waals surface area contributed by atoms with Gasteiger partial charge in [-0.25, -0.2) is 0 Å². The molecule has 0 bridgehead atoms. The molecule has 1 nitrogen and oxygen atoms in total. The number of fused-ring (bicyclic) bond motifs is 1. The summed E-state index contributed by atoms with van der Waals surface area (Å²) in [7, 11) is 4.22. The normalized spacial score (nSPS) is 20.1. The zero-order valence-electron chi connectivity index (χ0n) is 10.5. The molecule has 0 aliphatic carbocycles. The Hall–Kier alpha value is -0.630. The lowest BCUT2D eigenvalue weighted by Crippen LogP contribution is -2.09. The van der Waals surface area contributed by atoms with E-state index in [4.69, 9.17) is 0 Å². The fourth-order valence-corrected chi connectivity index (χ4v) is 3.48. The predicted octanol–water partition coefficient (Wildman–Crippen LogP) is 3.82. The van der Waals surface area contributed by atoms with E-state index in [0.717, 1.165) is 5.92 Å². The fourth-order valence-electron chi connectivity index (χ4n) is 2.15. The van der Waals surface area contributed by atoms with Gasteiger partial charge in [0, 0.05) is 30.4 Å². The van der Waals surface area contributed by atoms with Crippen LogP contribution in [0.1, 0.15) is 25.3 Å². The average molecular weight is 235 g/mol. The summed E-state index contributed by atoms with van der Waals surface area (Å²) in [6.45, 7) is 2.31. The summed E-state index contributed by atoms with van der Waals surface area (Å²) in [4.78, 5) is 3.69. The minimum atomic E-state index is 0.903. The lowest BCUT2D eigenvalue weighted by molar-refractivity contribution is 0.528. The molecule has 2 rings (SSSR count). The van der Waals surface area contributed by atoms with Gasteiger partial charge in [-0.1, -0.05) is 13.3 Å². The van der Waals surface area contributed by atoms with Crippen LogP contribution in [-0.2, 0) is 6.42 Å². The van der Waals surface area contributed by atoms with Crippen LogP contribution in [0.5, 0.6) is 0 Å². The van der Waals surface area contributed by atoms with Crippen molar-refractivity contribution in [3.8, 4) is 0 Å². The number of benzene rings is 1. The van der Waals surface area contributed by atoms with Crippen LogP contribution in [-0.4, -0.2) is 19.8 Å². The molecule has 1 atom stereocenters. The van der Waals surface area contributed by atoms with Crippen LogP contribution < -0.4 is 4.90 Å². The quantitative estimate of drug-likeness (QED) is 0.766. The van der Waals surface area contributed by atoms with Crippen molar-refractivity contribution in [1.82, 2.24) is 0 Å². The van der Waals surface area contributed by atoms with Crippen molar-refractivity contribution in [2.75, 3.05) is 24.7 Å². The summed E-state index contributed by atoms with van der Waals surface area (Å²) >= 11 is 2.04. The maximum absolute atomic E-state index is 2.36. The van der Waals surface area contributed by atoms with E-state index in [1.54, 1.807) is 5.56 Å². The van der Waals surface area contributed by atoms with Gasteiger partial charge in [0.1, 0.15) is 0 Å². The molecule has 0 spiro atoms. The second-order valence-electron chi connectivity index (χ2n) is 4.81. The Morgan fingerprint density at radius 3 is 2.88 bits per heavy atom. The Labute approximate surface area is 103 Å². The molecule has 0 fully saturated rings. The van der Waals surface area contributed by atoms with E-state index < -0.39 is 0 Å². The van der Waals surface area contributed by atoms with Crippen LogP contribution in [0.3, 0.4) is 0 Å². The van der Waals surface area contributed by atoms with Gasteiger partial charge in [-0.05, 0) is 42.5 Å². The van der Waals surface area contributed by atoms with Gasteiger partial charge in [-0.15, -0.1) is 11.8 Å². The largest absolute Gasteiger partial charge is 0.378 e. The first kappa shape index (κ1) is 11.8. The van der Waals surface area contributed by atoms with E-state index in [1.807, 2.05) is 11.8 Å². The monoisotopic (exact) mass is 235 g/mol. The molecule has 1 heterocycles. The van der Waals surface area contributed by atoms with Crippen LogP contribution in [0, 0.1) is 5.92 Å². The van der Waals surface area contributed by atoms with Crippen molar-refractivity contribution < 1.29 is 0 Å². The van der Waals surface area contributed by atoms with Crippen LogP contribution in [0.4, 0.5) is 5.69 Å². The number of thioether (sulfide) groups is 1. The first-order valence-corrected chi connectivity index (χ1v) is 7.12. The standard InChI is InChI=1S/C14H21NS/c1-4-11-5-6-12-9-13(15(2)3)7-8-14(12)16-10-11/h7-9,11H,4-6,10H2,1-3H3. The molecule has 0 saturated carbocycles. The summed E-state index contributed by atoms with van der Waals surface area (Å²) in [5.41, 5.74) is 2.88. The van der Waals surface area contributed by atoms with E-state index in [0.29, 0.717) is 0 Å². The van der Waals surface area contributed by atoms with Crippen molar-refractivity contribution >= 4 is 17.4 Å². The molecule has 1 aromatic rings. The Morgan fingerprint density at radius 2 is 2.19 bits per heavy atom. The minimum absolute atomic E-state index is 0.903. The lowest BCUT2D eigenvalue weighted by atomic mass is 9.99. The topological polar surface area (TPSA) is 3.24 Å². The molecule has 0 amide bonds. The number of rotatable bonds is 2. The molecule has 88 valence electrons. The highest BCUT2D eigenvalue weighted by atomic mass is 32.2. The Kier molecular flexibility index (Phi) is 3.80. The van der Waals surface area contributed by atoms with Gasteiger partial charge in [-0.3, -0.25) is 0 Å². The molecule has 1 aliphatic heterocycles. The van der Waals surface area contributed by atoms with Gasteiger partial charge in [0.05, 0.1) is 0 Å². The second-order valence-corrected chi connectivity index (χ2v) is 5.87. The summed E-state index contributed by atoms with van der Waals surface area (Å²) in [5.74, 6) is 2.20. The van der Waals surface area contributed by atoms with Crippen molar-refractivity contribution in [3.63, 3.8) is 0 Å². The SMILES string of the molecule is CCC1CCc2cc(N(C)C)ccc2SC1. The van der Waals surface area contributed by atoms with Crippen LogP contribution in [0.15, 0.2) is 23.1 Å². The van der Waals surface area contributed by atoms with E-state index in [2.05, 4.69) is 44.1 Å². The smallest absolute Gasteiger partial charge is 0.0364 e. The number of hydrogen-bond donors (Lipinski definition) is 0. The molecule has 0 saturated heterocycles. The average Bonchev–Trinajstić information content (AvgIpc) is 2.50. The highest BCUT2D eigenvalue weighted by molar-refractivity contribution is 7.99. The molecule has 2 heteroatoms. The van der Waals surface area contributed by atoms with Crippen molar-refractivity contribution in [2.45, 2.75) is 31.1 Å². The van der Waals surface area contributed by atoms with Gasteiger partial charge < -0.3 is 4.90 Å². The fraction of sp³-hybridized carbons (Fsp3) is 0.571. The zero-order valence-corrected chi connectivity index (χ0v) is 11.3. The summed E-state index contributed by atoms with van der Waals surface area (Å²) in [6, 6.07) is 6.89. The van der Waals surface area contributed by atoms with Gasteiger partial charge in [-0.2, -0.15) is 0 Å². The zero-order chi connectivity index (χ0) is 11.5. The lowest BCUT2D eigenvalue weighted by Gasteiger charge is -2.15. The van der Waals surface area contributed by atoms with Gasteiger partial charge in [0.15, 0.2) is 0 Å². The van der Waals surface area contributed by atoms with Crippen LogP contribution in [0.2, 0.25) is 0 Å². The number of aryl methyl sites for hydroxylation is 1. The molecular formula is C14H21NS. The molecule has 1 aromatic carbocycles. The van der Waals surface area contributed by atoms with E-state index in [1.165, 1.54) is 35.6 Å². The molecule has 0 aromatic heterocycles. The van der Waals surface area contributed by atoms with Crippen molar-refractivity contribution in [2.24, 2.45) is 5.92 Å². The summed E-state index contributed by atoms with van der Waals surface area (Å²) in [6.07, 6.45) is 3.93. The number of nitrogens with zero attached hydrogens (tertiary/aromatic N) is 1. The maximum Gasteiger partial charge on any atom is 0.0364 e. The first-order chi connectivity index (χ1) is 7.70. The maximum atomic E-state index is 2.36. The van der Waals surface area contributed by atoms with E-state index in [9.17, 15) is 0 Å². The second kappa shape index (κ2) is 5.13. The number of hydrogen-bond acceptors (Lipinski definition) is 2. The minimum Gasteiger partial charge on any atom is -0.378 e. The van der Waals surface area contributed by atoms with Crippen molar-refractivity contribution in [1.29, 1.82) is 0 Å². The van der Waals surface area contributed by atoms with Crippen LogP contribution in [0.25, 0.3) is 0 Å². The first-order valence-electron chi connectivity index (χ1n) is 6.13. The summed E-state index contributed by atoms with van der Waals surface area (Å²) in [5, 5.41) is 0. The summed E-state index contributed by atoms with van der Waals surface area (Å²) < 4.78 is 0. The molecular weight excluding hydrogens is 214 g/mol. The molecule has 16 heavy (non-hydrogen) atoms. The number of anilines is 1. The predicted molar refractivity (Wildman–Crippen MR) is 73.6 cm³/mol. The highest BCUT2D eigenvalue weighted by Gasteiger charge is 2.15. The third kappa shape index (κ3) is 2.54. The molecule has 0 N–H and O–H groups in total.